The molecular formula is C21H29ClN2O4S. The van der Waals surface area contributed by atoms with Crippen LogP contribution in [0.5, 0.6) is 11.5 Å². The molecule has 1 fully saturated rings. The van der Waals surface area contributed by atoms with Gasteiger partial charge in [-0.15, -0.1) is 12.4 Å². The lowest BCUT2D eigenvalue weighted by Gasteiger charge is -2.39. The smallest absolute Gasteiger partial charge is 0.243 e. The molecule has 3 rings (SSSR count). The number of rotatable bonds is 7. The highest BCUT2D eigenvalue weighted by atomic mass is 35.5. The second kappa shape index (κ2) is 10.3. The summed E-state index contributed by atoms with van der Waals surface area (Å²) in [5.41, 5.74) is 0.994. The summed E-state index contributed by atoms with van der Waals surface area (Å²) in [5.74, 6) is 1.01. The molecule has 0 aliphatic carbocycles. The molecule has 29 heavy (non-hydrogen) atoms. The average Bonchev–Trinajstić information content (AvgIpc) is 2.70. The van der Waals surface area contributed by atoms with Crippen LogP contribution in [0.2, 0.25) is 0 Å². The van der Waals surface area contributed by atoms with Gasteiger partial charge in [-0.25, -0.2) is 8.42 Å². The van der Waals surface area contributed by atoms with Crippen molar-refractivity contribution >= 4 is 22.4 Å². The molecule has 0 aromatic heterocycles. The molecule has 1 aliphatic rings. The molecule has 0 amide bonds. The van der Waals surface area contributed by atoms with Gasteiger partial charge in [0.05, 0.1) is 24.2 Å². The van der Waals surface area contributed by atoms with Gasteiger partial charge >= 0.3 is 0 Å². The van der Waals surface area contributed by atoms with Crippen molar-refractivity contribution in [2.45, 2.75) is 24.8 Å². The van der Waals surface area contributed by atoms with Gasteiger partial charge in [-0.05, 0) is 38.6 Å². The number of ether oxygens (including phenoxy) is 2. The van der Waals surface area contributed by atoms with Crippen molar-refractivity contribution in [3.05, 3.63) is 54.1 Å². The Morgan fingerprint density at radius 2 is 1.62 bits per heavy atom. The van der Waals surface area contributed by atoms with Gasteiger partial charge < -0.3 is 14.4 Å². The van der Waals surface area contributed by atoms with Gasteiger partial charge in [0, 0.05) is 25.7 Å². The minimum absolute atomic E-state index is 0. The second-order valence-corrected chi connectivity index (χ2v) is 8.67. The molecule has 1 unspecified atom stereocenters. The number of hydrogen-bond donors (Lipinski definition) is 0. The fourth-order valence-electron chi connectivity index (χ4n) is 3.46. The molecule has 0 saturated carbocycles. The largest absolute Gasteiger partial charge is 0.490 e. The van der Waals surface area contributed by atoms with Crippen LogP contribution in [0.15, 0.2) is 53.4 Å². The Morgan fingerprint density at radius 3 is 2.28 bits per heavy atom. The quantitative estimate of drug-likeness (QED) is 0.658. The maximum Gasteiger partial charge on any atom is 0.243 e. The molecule has 1 atom stereocenters. The van der Waals surface area contributed by atoms with Gasteiger partial charge in [0.2, 0.25) is 10.0 Å². The van der Waals surface area contributed by atoms with Crippen LogP contribution in [0.4, 0.5) is 0 Å². The molecule has 1 saturated heterocycles. The first-order chi connectivity index (χ1) is 13.5. The van der Waals surface area contributed by atoms with E-state index in [2.05, 4.69) is 4.90 Å². The molecule has 2 aromatic carbocycles. The highest BCUT2D eigenvalue weighted by Crippen LogP contribution is 2.35. The predicted molar refractivity (Wildman–Crippen MR) is 117 cm³/mol. The van der Waals surface area contributed by atoms with E-state index in [0.717, 1.165) is 5.56 Å². The van der Waals surface area contributed by atoms with Crippen molar-refractivity contribution in [3.63, 3.8) is 0 Å². The van der Waals surface area contributed by atoms with Crippen LogP contribution >= 0.6 is 12.4 Å². The van der Waals surface area contributed by atoms with E-state index >= 15 is 0 Å². The Labute approximate surface area is 179 Å². The molecule has 0 N–H and O–H groups in total. The fraction of sp³-hybridized carbons (Fsp3) is 0.429. The predicted octanol–water partition coefficient (Wildman–Crippen LogP) is 3.58. The zero-order valence-corrected chi connectivity index (χ0v) is 18.7. The molecule has 8 heteroatoms. The average molecular weight is 441 g/mol. The van der Waals surface area contributed by atoms with Gasteiger partial charge in [0.25, 0.3) is 0 Å². The monoisotopic (exact) mass is 440 g/mol. The van der Waals surface area contributed by atoms with Crippen LogP contribution in [-0.4, -0.2) is 57.5 Å². The first kappa shape index (κ1) is 23.5. The van der Waals surface area contributed by atoms with Crippen molar-refractivity contribution in [3.8, 4) is 11.5 Å². The van der Waals surface area contributed by atoms with Crippen LogP contribution in [0, 0.1) is 0 Å². The number of sulfonamides is 1. The van der Waals surface area contributed by atoms with Crippen molar-refractivity contribution in [1.82, 2.24) is 9.21 Å². The lowest BCUT2D eigenvalue weighted by atomic mass is 10.1. The zero-order valence-electron chi connectivity index (χ0n) is 17.1. The minimum Gasteiger partial charge on any atom is -0.490 e. The van der Waals surface area contributed by atoms with Crippen molar-refractivity contribution in [1.29, 1.82) is 0 Å². The van der Waals surface area contributed by atoms with Crippen LogP contribution in [0.3, 0.4) is 0 Å². The molecule has 1 heterocycles. The molecule has 6 nitrogen and oxygen atoms in total. The summed E-state index contributed by atoms with van der Waals surface area (Å²) >= 11 is 0. The second-order valence-electron chi connectivity index (χ2n) is 6.78. The first-order valence-corrected chi connectivity index (χ1v) is 11.1. The number of likely N-dealkylation sites (N-methyl/N-ethyl adjacent to an activating group) is 1. The Hall–Kier alpha value is -1.80. The summed E-state index contributed by atoms with van der Waals surface area (Å²) in [6, 6.07) is 14.4. The van der Waals surface area contributed by atoms with Crippen molar-refractivity contribution < 1.29 is 17.9 Å². The van der Waals surface area contributed by atoms with Gasteiger partial charge in [-0.3, -0.25) is 0 Å². The SMILES string of the molecule is CCOc1ccc(S(=O)(=O)N2CCN(C)CC2c2ccccc2)cc1OCC.Cl. The van der Waals surface area contributed by atoms with E-state index in [-0.39, 0.29) is 23.3 Å². The van der Waals surface area contributed by atoms with Crippen LogP contribution in [0.25, 0.3) is 0 Å². The maximum absolute atomic E-state index is 13.5. The molecule has 0 spiro atoms. The number of benzene rings is 2. The number of nitrogens with zero attached hydrogens (tertiary/aromatic N) is 2. The van der Waals surface area contributed by atoms with Gasteiger partial charge in [-0.1, -0.05) is 30.3 Å². The van der Waals surface area contributed by atoms with E-state index in [4.69, 9.17) is 9.47 Å². The highest BCUT2D eigenvalue weighted by molar-refractivity contribution is 7.89. The van der Waals surface area contributed by atoms with E-state index in [1.165, 1.54) is 0 Å². The summed E-state index contributed by atoms with van der Waals surface area (Å²) in [7, 11) is -1.67. The third-order valence-electron chi connectivity index (χ3n) is 4.84. The molecular weight excluding hydrogens is 412 g/mol. The molecule has 2 aromatic rings. The zero-order chi connectivity index (χ0) is 20.1. The van der Waals surface area contributed by atoms with E-state index in [1.807, 2.05) is 51.2 Å². The third-order valence-corrected chi connectivity index (χ3v) is 6.74. The van der Waals surface area contributed by atoms with E-state index in [0.29, 0.717) is 44.3 Å². The standard InChI is InChI=1S/C21H28N2O4S.ClH/c1-4-26-20-12-11-18(15-21(20)27-5-2)28(24,25)23-14-13-22(3)16-19(23)17-9-7-6-8-10-17;/h6-12,15,19H,4-5,13-14,16H2,1-3H3;1H. The Balaban J connectivity index is 0.00000300. The Bertz CT molecular complexity index is 893. The number of piperazine rings is 1. The van der Waals surface area contributed by atoms with Gasteiger partial charge in [0.15, 0.2) is 11.5 Å². The van der Waals surface area contributed by atoms with E-state index < -0.39 is 10.0 Å². The highest BCUT2D eigenvalue weighted by Gasteiger charge is 2.36. The lowest BCUT2D eigenvalue weighted by Crippen LogP contribution is -2.49. The van der Waals surface area contributed by atoms with Crippen LogP contribution in [0.1, 0.15) is 25.5 Å². The summed E-state index contributed by atoms with van der Waals surface area (Å²) in [5, 5.41) is 0. The topological polar surface area (TPSA) is 59.1 Å². The summed E-state index contributed by atoms with van der Waals surface area (Å²) < 4.78 is 39.8. The van der Waals surface area contributed by atoms with Gasteiger partial charge in [0.1, 0.15) is 0 Å². The molecule has 0 bridgehead atoms. The van der Waals surface area contributed by atoms with Crippen molar-refractivity contribution in [2.75, 3.05) is 39.9 Å². The van der Waals surface area contributed by atoms with Crippen molar-refractivity contribution in [2.24, 2.45) is 0 Å². The summed E-state index contributed by atoms with van der Waals surface area (Å²) in [6.45, 7) is 6.45. The Kier molecular flexibility index (Phi) is 8.34. The summed E-state index contributed by atoms with van der Waals surface area (Å²) in [4.78, 5) is 2.39. The Morgan fingerprint density at radius 1 is 0.966 bits per heavy atom. The first-order valence-electron chi connectivity index (χ1n) is 9.62. The third kappa shape index (κ3) is 5.22. The van der Waals surface area contributed by atoms with Gasteiger partial charge in [-0.2, -0.15) is 4.31 Å². The number of halogens is 1. The lowest BCUT2D eigenvalue weighted by molar-refractivity contribution is 0.160. The fourth-order valence-corrected chi connectivity index (χ4v) is 5.08. The maximum atomic E-state index is 13.5. The molecule has 1 aliphatic heterocycles. The van der Waals surface area contributed by atoms with E-state index in [9.17, 15) is 8.42 Å². The summed E-state index contributed by atoms with van der Waals surface area (Å²) in [6.07, 6.45) is 0. The number of hydrogen-bond acceptors (Lipinski definition) is 5. The van der Waals surface area contributed by atoms with E-state index in [1.54, 1.807) is 22.5 Å². The normalized spacial score (nSPS) is 18.1. The van der Waals surface area contributed by atoms with Crippen LogP contribution in [-0.2, 0) is 10.0 Å². The molecule has 160 valence electrons. The molecule has 0 radical (unpaired) electrons. The minimum atomic E-state index is -3.68. The van der Waals surface area contributed by atoms with Crippen LogP contribution < -0.4 is 9.47 Å².